The molecule has 0 fully saturated rings. The van der Waals surface area contributed by atoms with Crippen molar-refractivity contribution in [3.05, 3.63) is 58.0 Å². The zero-order chi connectivity index (χ0) is 14.3. The molecule has 1 atom stereocenters. The number of hydrogen-bond acceptors (Lipinski definition) is 4. The molecule has 0 aliphatic heterocycles. The zero-order valence-corrected chi connectivity index (χ0v) is 11.3. The molecule has 2 aromatic heterocycles. The first-order valence-electron chi connectivity index (χ1n) is 6.46. The summed E-state index contributed by atoms with van der Waals surface area (Å²) in [5.41, 5.74) is 1.78. The Hall–Kier alpha value is -2.27. The maximum atomic E-state index is 11.4. The van der Waals surface area contributed by atoms with E-state index in [2.05, 4.69) is 0 Å². The monoisotopic (exact) mass is 273 g/mol. The van der Waals surface area contributed by atoms with Crippen LogP contribution in [-0.2, 0) is 13.5 Å². The quantitative estimate of drug-likeness (QED) is 0.795. The number of aromatic nitrogens is 1. The van der Waals surface area contributed by atoms with Crippen molar-refractivity contribution in [2.75, 3.05) is 0 Å². The van der Waals surface area contributed by atoms with Gasteiger partial charge in [-0.2, -0.15) is 0 Å². The van der Waals surface area contributed by atoms with Gasteiger partial charge >= 0.3 is 5.76 Å². The summed E-state index contributed by atoms with van der Waals surface area (Å²) in [7, 11) is 1.64. The summed E-state index contributed by atoms with van der Waals surface area (Å²) < 4.78 is 12.1. The van der Waals surface area contributed by atoms with Gasteiger partial charge in [-0.3, -0.25) is 4.57 Å². The van der Waals surface area contributed by atoms with Crippen LogP contribution < -0.4 is 5.76 Å². The molecule has 5 nitrogen and oxygen atoms in total. The van der Waals surface area contributed by atoms with E-state index in [1.165, 1.54) is 4.57 Å². The minimum absolute atomic E-state index is 0.419. The van der Waals surface area contributed by atoms with Crippen molar-refractivity contribution in [2.45, 2.75) is 19.4 Å². The highest BCUT2D eigenvalue weighted by atomic mass is 16.4. The Morgan fingerprint density at radius 1 is 1.25 bits per heavy atom. The van der Waals surface area contributed by atoms with Gasteiger partial charge in [0.25, 0.3) is 0 Å². The molecule has 0 spiro atoms. The maximum Gasteiger partial charge on any atom is 0.419 e. The lowest BCUT2D eigenvalue weighted by Crippen LogP contribution is -2.08. The molecule has 3 rings (SSSR count). The number of fused-ring (bicyclic) bond motifs is 1. The first-order chi connectivity index (χ1) is 9.60. The van der Waals surface area contributed by atoms with Gasteiger partial charge < -0.3 is 13.9 Å². The summed E-state index contributed by atoms with van der Waals surface area (Å²) in [6, 6.07) is 8.78. The molecule has 0 aliphatic carbocycles. The van der Waals surface area contributed by atoms with Crippen molar-refractivity contribution in [1.82, 2.24) is 4.57 Å². The lowest BCUT2D eigenvalue weighted by molar-refractivity contribution is 0.187. The summed E-state index contributed by atoms with van der Waals surface area (Å²) in [6.45, 7) is 1.99. The van der Waals surface area contributed by atoms with Crippen LogP contribution >= 0.6 is 0 Å². The highest BCUT2D eigenvalue weighted by Gasteiger charge is 2.16. The van der Waals surface area contributed by atoms with Crippen LogP contribution in [0, 0.1) is 0 Å². The topological polar surface area (TPSA) is 68.5 Å². The van der Waals surface area contributed by atoms with E-state index in [0.29, 0.717) is 22.4 Å². The highest BCUT2D eigenvalue weighted by molar-refractivity contribution is 5.73. The normalized spacial score (nSPS) is 12.9. The molecule has 20 heavy (non-hydrogen) atoms. The van der Waals surface area contributed by atoms with E-state index < -0.39 is 11.9 Å². The van der Waals surface area contributed by atoms with E-state index in [1.807, 2.05) is 13.0 Å². The Bertz CT molecular complexity index is 809. The molecule has 1 aromatic carbocycles. The number of aryl methyl sites for hydroxylation is 2. The van der Waals surface area contributed by atoms with E-state index in [1.54, 1.807) is 31.3 Å². The SMILES string of the molecule is CCc1ccc(C(O)c2ccc3c(c2)oc(=O)n3C)o1. The van der Waals surface area contributed by atoms with Gasteiger partial charge in [0.1, 0.15) is 17.6 Å². The average Bonchev–Trinajstić information content (AvgIpc) is 3.04. The van der Waals surface area contributed by atoms with Crippen molar-refractivity contribution in [1.29, 1.82) is 0 Å². The van der Waals surface area contributed by atoms with Gasteiger partial charge in [-0.1, -0.05) is 13.0 Å². The van der Waals surface area contributed by atoms with Gasteiger partial charge in [0.05, 0.1) is 5.52 Å². The summed E-state index contributed by atoms with van der Waals surface area (Å²) in [6.07, 6.45) is -0.0931. The predicted octanol–water partition coefficient (Wildman–Crippen LogP) is 2.37. The van der Waals surface area contributed by atoms with Crippen molar-refractivity contribution < 1.29 is 13.9 Å². The molecule has 1 N–H and O–H groups in total. The third-order valence-corrected chi connectivity index (χ3v) is 3.43. The van der Waals surface area contributed by atoms with Crippen LogP contribution in [0.25, 0.3) is 11.1 Å². The highest BCUT2D eigenvalue weighted by Crippen LogP contribution is 2.26. The molecule has 1 unspecified atom stereocenters. The van der Waals surface area contributed by atoms with Crippen molar-refractivity contribution in [2.24, 2.45) is 7.05 Å². The third-order valence-electron chi connectivity index (χ3n) is 3.43. The number of benzene rings is 1. The van der Waals surface area contributed by atoms with Gasteiger partial charge in [-0.15, -0.1) is 0 Å². The van der Waals surface area contributed by atoms with E-state index in [-0.39, 0.29) is 0 Å². The molecule has 3 aromatic rings. The molecule has 0 amide bonds. The van der Waals surface area contributed by atoms with Crippen LogP contribution in [0.2, 0.25) is 0 Å². The van der Waals surface area contributed by atoms with Crippen molar-refractivity contribution in [3.63, 3.8) is 0 Å². The van der Waals surface area contributed by atoms with Gasteiger partial charge in [-0.25, -0.2) is 4.79 Å². The molecular weight excluding hydrogens is 258 g/mol. The molecule has 104 valence electrons. The van der Waals surface area contributed by atoms with Crippen LogP contribution in [0.15, 0.2) is 44.0 Å². The summed E-state index contributed by atoms with van der Waals surface area (Å²) in [4.78, 5) is 11.4. The molecule has 0 bridgehead atoms. The Kier molecular flexibility index (Phi) is 2.99. The van der Waals surface area contributed by atoms with Gasteiger partial charge in [-0.05, 0) is 29.8 Å². The number of furan rings is 1. The van der Waals surface area contributed by atoms with Gasteiger partial charge in [0.15, 0.2) is 5.58 Å². The number of aliphatic hydroxyl groups excluding tert-OH is 1. The van der Waals surface area contributed by atoms with Crippen LogP contribution in [-0.4, -0.2) is 9.67 Å². The van der Waals surface area contributed by atoms with E-state index in [9.17, 15) is 9.90 Å². The molecule has 0 aliphatic rings. The Balaban J connectivity index is 2.03. The minimum Gasteiger partial charge on any atom is -0.463 e. The second-order valence-corrected chi connectivity index (χ2v) is 4.71. The zero-order valence-electron chi connectivity index (χ0n) is 11.3. The van der Waals surface area contributed by atoms with Gasteiger partial charge in [0.2, 0.25) is 0 Å². The number of nitrogens with zero attached hydrogens (tertiary/aromatic N) is 1. The number of aliphatic hydroxyl groups is 1. The predicted molar refractivity (Wildman–Crippen MR) is 73.6 cm³/mol. The summed E-state index contributed by atoms with van der Waals surface area (Å²) in [5, 5.41) is 10.3. The largest absolute Gasteiger partial charge is 0.463 e. The fourth-order valence-corrected chi connectivity index (χ4v) is 2.22. The Labute approximate surface area is 115 Å². The molecule has 0 saturated carbocycles. The molecule has 2 heterocycles. The van der Waals surface area contributed by atoms with E-state index >= 15 is 0 Å². The fourth-order valence-electron chi connectivity index (χ4n) is 2.22. The lowest BCUT2D eigenvalue weighted by Gasteiger charge is -2.08. The molecule has 5 heteroatoms. The maximum absolute atomic E-state index is 11.4. The van der Waals surface area contributed by atoms with Crippen molar-refractivity contribution in [3.8, 4) is 0 Å². The second kappa shape index (κ2) is 4.68. The third kappa shape index (κ3) is 1.96. The van der Waals surface area contributed by atoms with Crippen LogP contribution in [0.3, 0.4) is 0 Å². The number of rotatable bonds is 3. The molecular formula is C15H15NO4. The molecule has 0 saturated heterocycles. The van der Waals surface area contributed by atoms with Crippen LogP contribution in [0.1, 0.15) is 30.1 Å². The standard InChI is InChI=1S/C15H15NO4/c1-3-10-5-7-12(19-10)14(17)9-4-6-11-13(8-9)20-15(18)16(11)2/h4-8,14,17H,3H2,1-2H3. The first-order valence-corrected chi connectivity index (χ1v) is 6.46. The van der Waals surface area contributed by atoms with E-state index in [4.69, 9.17) is 8.83 Å². The Morgan fingerprint density at radius 3 is 2.75 bits per heavy atom. The smallest absolute Gasteiger partial charge is 0.419 e. The minimum atomic E-state index is -0.870. The molecule has 0 radical (unpaired) electrons. The average molecular weight is 273 g/mol. The first kappa shape index (κ1) is 12.7. The Morgan fingerprint density at radius 2 is 2.05 bits per heavy atom. The fraction of sp³-hybridized carbons (Fsp3) is 0.267. The number of hydrogen-bond donors (Lipinski definition) is 1. The van der Waals surface area contributed by atoms with Crippen LogP contribution in [0.4, 0.5) is 0 Å². The number of oxazole rings is 1. The lowest BCUT2D eigenvalue weighted by atomic mass is 10.1. The summed E-state index contributed by atoms with van der Waals surface area (Å²) in [5.74, 6) is 0.892. The van der Waals surface area contributed by atoms with Crippen molar-refractivity contribution >= 4 is 11.1 Å². The summed E-state index contributed by atoms with van der Waals surface area (Å²) >= 11 is 0. The van der Waals surface area contributed by atoms with Gasteiger partial charge in [0, 0.05) is 13.5 Å². The second-order valence-electron chi connectivity index (χ2n) is 4.71. The van der Waals surface area contributed by atoms with Crippen LogP contribution in [0.5, 0.6) is 0 Å². The van der Waals surface area contributed by atoms with E-state index in [0.717, 1.165) is 12.2 Å².